The molecule has 0 aliphatic carbocycles. The van der Waals surface area contributed by atoms with Crippen LogP contribution in [0.2, 0.25) is 5.02 Å². The van der Waals surface area contributed by atoms with E-state index in [0.29, 0.717) is 17.0 Å². The van der Waals surface area contributed by atoms with Crippen molar-refractivity contribution in [2.45, 2.75) is 45.2 Å². The molecule has 2 atom stereocenters. The second-order valence-corrected chi connectivity index (χ2v) is 7.37. The van der Waals surface area contributed by atoms with Crippen molar-refractivity contribution in [2.75, 3.05) is 6.54 Å². The zero-order valence-electron chi connectivity index (χ0n) is 13.9. The van der Waals surface area contributed by atoms with Gasteiger partial charge < -0.3 is 0 Å². The highest BCUT2D eigenvalue weighted by molar-refractivity contribution is 6.30. The van der Waals surface area contributed by atoms with Gasteiger partial charge in [0.05, 0.1) is 17.8 Å². The first-order valence-corrected chi connectivity index (χ1v) is 8.90. The molecule has 1 aromatic heterocycles. The number of nitrogens with zero attached hydrogens (tertiary/aromatic N) is 6. The minimum absolute atomic E-state index is 0.240. The normalized spacial score (nSPS) is 25.2. The number of hydrogen-bond donors (Lipinski definition) is 0. The summed E-state index contributed by atoms with van der Waals surface area (Å²) in [6.45, 7) is 5.58. The molecule has 1 aromatic carbocycles. The van der Waals surface area contributed by atoms with Gasteiger partial charge in [-0.3, -0.25) is 4.90 Å². The number of halogens is 1. The lowest BCUT2D eigenvalue weighted by molar-refractivity contribution is 0.178. The molecule has 2 aromatic rings. The maximum atomic E-state index is 5.99. The summed E-state index contributed by atoms with van der Waals surface area (Å²) in [7, 11) is 0. The Kier molecular flexibility index (Phi) is 4.10. The number of aliphatic imine (C=N–C) groups is 1. The van der Waals surface area contributed by atoms with Gasteiger partial charge in [-0.2, -0.15) is 4.68 Å². The van der Waals surface area contributed by atoms with Crippen molar-refractivity contribution in [3.05, 3.63) is 35.1 Å². The quantitative estimate of drug-likeness (QED) is 0.855. The monoisotopic (exact) mass is 344 g/mol. The lowest BCUT2D eigenvalue weighted by atomic mass is 9.98. The minimum Gasteiger partial charge on any atom is -0.283 e. The molecule has 1 saturated heterocycles. The molecule has 126 valence electrons. The molecule has 0 bridgehead atoms. The number of tetrazole rings is 1. The molecule has 0 saturated carbocycles. The van der Waals surface area contributed by atoms with Crippen molar-refractivity contribution in [2.24, 2.45) is 10.9 Å². The van der Waals surface area contributed by atoms with Crippen LogP contribution in [-0.4, -0.2) is 43.5 Å². The highest BCUT2D eigenvalue weighted by atomic mass is 35.5. The van der Waals surface area contributed by atoms with Gasteiger partial charge in [0, 0.05) is 5.02 Å². The van der Waals surface area contributed by atoms with Crippen LogP contribution in [0.1, 0.15) is 45.0 Å². The Morgan fingerprint density at radius 2 is 2.08 bits per heavy atom. The SMILES string of the molecule is CC(C)CC1C(=Nc2ccc(Cl)cc2)n2nnnc2[C@@H]2CCCN12. The number of hydrogen-bond acceptors (Lipinski definition) is 5. The van der Waals surface area contributed by atoms with E-state index in [-0.39, 0.29) is 6.04 Å². The summed E-state index contributed by atoms with van der Waals surface area (Å²) in [4.78, 5) is 7.43. The van der Waals surface area contributed by atoms with Crippen molar-refractivity contribution < 1.29 is 0 Å². The molecule has 1 unspecified atom stereocenters. The minimum atomic E-state index is 0.240. The van der Waals surface area contributed by atoms with E-state index in [1.54, 1.807) is 0 Å². The molecule has 2 aliphatic heterocycles. The zero-order valence-corrected chi connectivity index (χ0v) is 14.7. The van der Waals surface area contributed by atoms with Crippen LogP contribution >= 0.6 is 11.6 Å². The third-order valence-corrected chi connectivity index (χ3v) is 5.02. The van der Waals surface area contributed by atoms with E-state index in [1.165, 1.54) is 6.42 Å². The van der Waals surface area contributed by atoms with Crippen molar-refractivity contribution >= 4 is 23.1 Å². The van der Waals surface area contributed by atoms with Crippen LogP contribution in [0.15, 0.2) is 29.3 Å². The molecule has 3 heterocycles. The summed E-state index contributed by atoms with van der Waals surface area (Å²) in [5.74, 6) is 2.41. The van der Waals surface area contributed by atoms with E-state index >= 15 is 0 Å². The standard InChI is InChI=1S/C17H21ClN6/c1-11(2)10-15-16(19-13-7-5-12(18)6-8-13)24-17(20-21-22-24)14-4-3-9-23(14)15/h5-8,11,14-15H,3-4,9-10H2,1-2H3/t14-,15?/m0/s1. The van der Waals surface area contributed by atoms with Crippen molar-refractivity contribution in [3.8, 4) is 0 Å². The van der Waals surface area contributed by atoms with E-state index in [9.17, 15) is 0 Å². The van der Waals surface area contributed by atoms with Gasteiger partial charge in [0.25, 0.3) is 0 Å². The summed E-state index contributed by atoms with van der Waals surface area (Å²) >= 11 is 5.99. The summed E-state index contributed by atoms with van der Waals surface area (Å²) in [5.41, 5.74) is 0.877. The lowest BCUT2D eigenvalue weighted by Crippen LogP contribution is -2.50. The third-order valence-electron chi connectivity index (χ3n) is 4.77. The average Bonchev–Trinajstić information content (AvgIpc) is 3.20. The van der Waals surface area contributed by atoms with Gasteiger partial charge in [0.2, 0.25) is 0 Å². The molecule has 4 rings (SSSR count). The highest BCUT2D eigenvalue weighted by Crippen LogP contribution is 2.38. The predicted molar refractivity (Wildman–Crippen MR) is 93.7 cm³/mol. The Labute approximate surface area is 146 Å². The first-order valence-electron chi connectivity index (χ1n) is 8.52. The van der Waals surface area contributed by atoms with Gasteiger partial charge >= 0.3 is 0 Å². The van der Waals surface area contributed by atoms with E-state index in [2.05, 4.69) is 34.3 Å². The topological polar surface area (TPSA) is 59.2 Å². The van der Waals surface area contributed by atoms with Gasteiger partial charge in [-0.15, -0.1) is 5.10 Å². The number of rotatable bonds is 3. The maximum Gasteiger partial charge on any atom is 0.175 e. The van der Waals surface area contributed by atoms with Crippen molar-refractivity contribution in [1.29, 1.82) is 0 Å². The molecule has 0 amide bonds. The predicted octanol–water partition coefficient (Wildman–Crippen LogP) is 3.47. The second-order valence-electron chi connectivity index (χ2n) is 6.94. The summed E-state index contributed by atoms with van der Waals surface area (Å²) in [5, 5.41) is 13.1. The largest absolute Gasteiger partial charge is 0.283 e. The molecule has 0 N–H and O–H groups in total. The molecule has 6 nitrogen and oxygen atoms in total. The summed E-state index contributed by atoms with van der Waals surface area (Å²) < 4.78 is 1.86. The molecule has 1 fully saturated rings. The Hall–Kier alpha value is -1.79. The number of aromatic nitrogens is 4. The Morgan fingerprint density at radius 1 is 1.29 bits per heavy atom. The first-order chi connectivity index (χ1) is 11.6. The lowest BCUT2D eigenvalue weighted by Gasteiger charge is -2.38. The van der Waals surface area contributed by atoms with Crippen LogP contribution in [0.5, 0.6) is 0 Å². The third kappa shape index (κ3) is 2.74. The fraction of sp³-hybridized carbons (Fsp3) is 0.529. The highest BCUT2D eigenvalue weighted by Gasteiger charge is 2.43. The molecule has 0 spiro atoms. The van der Waals surface area contributed by atoms with Gasteiger partial charge in [-0.25, -0.2) is 4.99 Å². The van der Waals surface area contributed by atoms with Crippen LogP contribution < -0.4 is 0 Å². The van der Waals surface area contributed by atoms with Crippen LogP contribution in [-0.2, 0) is 0 Å². The number of fused-ring (bicyclic) bond motifs is 3. The molecule has 0 radical (unpaired) electrons. The molecule has 24 heavy (non-hydrogen) atoms. The van der Waals surface area contributed by atoms with Gasteiger partial charge in [-0.1, -0.05) is 25.4 Å². The molecule has 2 aliphatic rings. The van der Waals surface area contributed by atoms with Gasteiger partial charge in [0.1, 0.15) is 0 Å². The van der Waals surface area contributed by atoms with Crippen LogP contribution in [0.3, 0.4) is 0 Å². The zero-order chi connectivity index (χ0) is 16.7. The fourth-order valence-corrected chi connectivity index (χ4v) is 3.88. The van der Waals surface area contributed by atoms with E-state index in [4.69, 9.17) is 16.6 Å². The smallest absolute Gasteiger partial charge is 0.175 e. The maximum absolute atomic E-state index is 5.99. The van der Waals surface area contributed by atoms with E-state index in [0.717, 1.165) is 36.7 Å². The van der Waals surface area contributed by atoms with E-state index in [1.807, 2.05) is 28.9 Å². The van der Waals surface area contributed by atoms with Crippen LogP contribution in [0, 0.1) is 5.92 Å². The summed E-state index contributed by atoms with van der Waals surface area (Å²) in [6.07, 6.45) is 3.34. The Balaban J connectivity index is 1.81. The van der Waals surface area contributed by atoms with Crippen LogP contribution in [0.4, 0.5) is 5.69 Å². The second kappa shape index (κ2) is 6.26. The average molecular weight is 345 g/mol. The Morgan fingerprint density at radius 3 is 2.83 bits per heavy atom. The molecular formula is C17H21ClN6. The molecular weight excluding hydrogens is 324 g/mol. The van der Waals surface area contributed by atoms with Crippen LogP contribution in [0.25, 0.3) is 0 Å². The number of benzene rings is 1. The van der Waals surface area contributed by atoms with E-state index < -0.39 is 0 Å². The van der Waals surface area contributed by atoms with Gasteiger partial charge in [-0.05, 0) is 66.4 Å². The fourth-order valence-electron chi connectivity index (χ4n) is 3.75. The van der Waals surface area contributed by atoms with Crippen molar-refractivity contribution in [1.82, 2.24) is 25.1 Å². The summed E-state index contributed by atoms with van der Waals surface area (Å²) in [6, 6.07) is 8.14. The van der Waals surface area contributed by atoms with Gasteiger partial charge in [0.15, 0.2) is 11.7 Å². The molecule has 7 heteroatoms. The first kappa shape index (κ1) is 15.7. The van der Waals surface area contributed by atoms with Crippen molar-refractivity contribution in [3.63, 3.8) is 0 Å². The Bertz CT molecular complexity index is 751.